The minimum atomic E-state index is -3.31. The zero-order chi connectivity index (χ0) is 78.8. The van der Waals surface area contributed by atoms with Crippen LogP contribution in [0.4, 0.5) is 0 Å². The maximum absolute atomic E-state index is 14.7. The molecular weight excluding hydrogens is 1390 g/mol. The quantitative estimate of drug-likeness (QED) is 0.0874. The lowest BCUT2D eigenvalue weighted by Crippen LogP contribution is -2.69. The van der Waals surface area contributed by atoms with Crippen LogP contribution in [0.15, 0.2) is 113 Å². The van der Waals surface area contributed by atoms with E-state index in [9.17, 15) is 23.1 Å². The number of aliphatic hydroxyl groups excluding tert-OH is 1. The summed E-state index contributed by atoms with van der Waals surface area (Å²) in [6.45, 7) is 51.0. The zero-order valence-electron chi connectivity index (χ0n) is 70.9. The fourth-order valence-electron chi connectivity index (χ4n) is 27.8. The Labute approximate surface area is 663 Å². The molecule has 0 radical (unpaired) electrons. The Hall–Kier alpha value is -4.25. The first kappa shape index (κ1) is 82.3. The SMILES string of the molecule is CC(C)[C@@H](C)[C@@]1(C)CC[C@]2(C)[C@H]3CC[C@@H]4[C@@]5(COC[C@]4(C)[C@@H](O)[C@H](C)C5)C3=CC[C@@]2(C)[C@@H]1C(=O)OCc1ccccc1.CC(C)[C@@H](C)[C@@]1(C)CC[C@]2(C)[C@H]3CC[C@@H]4[C@@]5(COC[C@]4(C)[C@@H](OCC4(C)CCOCC4)[C@H](C)C5)C3=CC[C@@]2(C)[C@@H]1C(=O)OCc1ccccc1.Cc1ccc(S(=O)(=O)N2CC23CCOCC3)cc1. The van der Waals surface area contributed by atoms with Gasteiger partial charge >= 0.3 is 11.9 Å². The number of aryl methyl sites for hydroxylation is 1. The normalized spacial score (nSPS) is 42.4. The highest BCUT2D eigenvalue weighted by Crippen LogP contribution is 2.78. The van der Waals surface area contributed by atoms with Gasteiger partial charge in [-0.1, -0.05) is 219 Å². The van der Waals surface area contributed by atoms with Crippen LogP contribution in [0.3, 0.4) is 0 Å². The first-order valence-electron chi connectivity index (χ1n) is 43.5. The fraction of sp³-hybridized carbons (Fsp3) is 0.750. The van der Waals surface area contributed by atoms with Crippen molar-refractivity contribution in [2.45, 2.75) is 263 Å². The zero-order valence-corrected chi connectivity index (χ0v) is 71.7. The first-order chi connectivity index (χ1) is 51.9. The van der Waals surface area contributed by atoms with Gasteiger partial charge in [-0.3, -0.25) is 9.59 Å². The molecular formula is C96H141NO12S. The number of fused-ring (bicyclic) bond motifs is 6. The lowest BCUT2D eigenvalue weighted by Gasteiger charge is -2.71. The van der Waals surface area contributed by atoms with Gasteiger partial charge in [0.1, 0.15) is 13.2 Å². The van der Waals surface area contributed by atoms with E-state index in [2.05, 4.69) is 142 Å². The van der Waals surface area contributed by atoms with Gasteiger partial charge in [0.05, 0.1) is 67.5 Å². The Kier molecular flexibility index (Phi) is 22.5. The monoisotopic (exact) mass is 1530 g/mol. The Morgan fingerprint density at radius 2 is 0.964 bits per heavy atom. The van der Waals surface area contributed by atoms with Crippen LogP contribution in [-0.4, -0.2) is 114 Å². The minimum absolute atomic E-state index is 0.00338. The highest BCUT2D eigenvalue weighted by atomic mass is 32.2. The number of benzene rings is 3. The third-order valence-electron chi connectivity index (χ3n) is 35.4. The molecule has 11 fully saturated rings. The summed E-state index contributed by atoms with van der Waals surface area (Å²) in [6.07, 6.45) is 22.0. The van der Waals surface area contributed by atoms with Crippen molar-refractivity contribution < 1.29 is 56.3 Å². The van der Waals surface area contributed by atoms with Crippen molar-refractivity contribution in [3.63, 3.8) is 0 Å². The second kappa shape index (κ2) is 30.0. The van der Waals surface area contributed by atoms with Crippen LogP contribution in [0, 0.1) is 138 Å². The van der Waals surface area contributed by atoms with Gasteiger partial charge in [0, 0.05) is 54.6 Å². The summed E-state index contributed by atoms with van der Waals surface area (Å²) in [7, 11) is -3.31. The number of nitrogens with zero attached hydrogens (tertiary/aromatic N) is 1. The number of carbonyl (C=O) groups excluding carboxylic acids is 2. The summed E-state index contributed by atoms with van der Waals surface area (Å²) in [4.78, 5) is 29.6. The van der Waals surface area contributed by atoms with Crippen LogP contribution in [-0.2, 0) is 66.0 Å². The summed E-state index contributed by atoms with van der Waals surface area (Å²) < 4.78 is 70.4. The summed E-state index contributed by atoms with van der Waals surface area (Å²) >= 11 is 0. The molecule has 8 aliphatic carbocycles. The molecule has 5 aliphatic heterocycles. The average molecular weight is 1530 g/mol. The first-order valence-corrected chi connectivity index (χ1v) is 44.9. The molecule has 110 heavy (non-hydrogen) atoms. The number of rotatable bonds is 15. The van der Waals surface area contributed by atoms with Crippen molar-refractivity contribution in [1.82, 2.24) is 4.31 Å². The van der Waals surface area contributed by atoms with Crippen LogP contribution in [0.5, 0.6) is 0 Å². The van der Waals surface area contributed by atoms with Crippen molar-refractivity contribution in [2.75, 3.05) is 66.0 Å². The van der Waals surface area contributed by atoms with Crippen LogP contribution < -0.4 is 0 Å². The van der Waals surface area contributed by atoms with Crippen LogP contribution in [0.2, 0.25) is 0 Å². The van der Waals surface area contributed by atoms with Gasteiger partial charge < -0.3 is 38.3 Å². The number of carbonyl (C=O) groups is 2. The highest BCUT2D eigenvalue weighted by molar-refractivity contribution is 7.89. The predicted octanol–water partition coefficient (Wildman–Crippen LogP) is 19.9. The molecule has 6 saturated carbocycles. The number of esters is 2. The van der Waals surface area contributed by atoms with E-state index in [4.69, 9.17) is 33.2 Å². The molecule has 14 heteroatoms. The molecule has 13 nitrogen and oxygen atoms in total. The molecule has 1 N–H and O–H groups in total. The van der Waals surface area contributed by atoms with Crippen molar-refractivity contribution >= 4 is 22.0 Å². The molecule has 608 valence electrons. The molecule has 5 saturated heterocycles. The molecule has 1 unspecified atom stereocenters. The van der Waals surface area contributed by atoms with E-state index in [1.54, 1.807) is 27.6 Å². The smallest absolute Gasteiger partial charge is 0.310 e. The van der Waals surface area contributed by atoms with Gasteiger partial charge in [-0.2, -0.15) is 4.31 Å². The Morgan fingerprint density at radius 3 is 1.43 bits per heavy atom. The van der Waals surface area contributed by atoms with Gasteiger partial charge in [0.25, 0.3) is 0 Å². The number of sulfonamides is 1. The molecule has 0 amide bonds. The van der Waals surface area contributed by atoms with Gasteiger partial charge in [-0.15, -0.1) is 0 Å². The standard InChI is InChI=1S/C45H68O5.C38H56O4.C13H17NO3S/c1-30(2)32(4)41(6)19-20-43(8)34-15-16-36-42(7)28-48-29-45(36,25-31(3)38(42)50-27-40(5)21-23-47-24-22-40)35(34)17-18-44(43,9)37(41)39(46)49-26-33-13-11-10-12-14-33;1-24(2)26(4)34(5)18-19-36(7)28-14-15-30-35(6)22-41-23-38(30,20-25(3)32(35)39)29(28)16-17-37(36,8)31(34)33(40)42-21-27-12-10-9-11-13-27;1-11-2-4-12(5-3-11)18(15,16)14-10-13(14)6-8-17-9-7-13/h10-14,17,30-32,34,36-38H,15-16,18-29H2,1-9H3;9-13,16,24-26,28,30-32,39H,14-15,17-23H2,1-8H3;2-5H,6-10H2,1H3/t31-,32-,34+,36+,37-,38+,41-,42+,43-,44+,45+;25-,26-,28+,30+,31-,32+,34-,35+,36-,37+,38+;/m11./s1. The van der Waals surface area contributed by atoms with E-state index in [0.717, 1.165) is 146 Å². The van der Waals surface area contributed by atoms with Crippen molar-refractivity contribution in [2.24, 2.45) is 131 Å². The second-order valence-electron chi connectivity index (χ2n) is 41.8. The van der Waals surface area contributed by atoms with E-state index >= 15 is 0 Å². The molecule has 5 heterocycles. The molecule has 16 rings (SSSR count). The number of hydrogen-bond acceptors (Lipinski definition) is 12. The Bertz CT molecular complexity index is 3980. The summed E-state index contributed by atoms with van der Waals surface area (Å²) in [5.41, 5.74) is 5.72. The molecule has 23 atom stereocenters. The maximum atomic E-state index is 14.7. The highest BCUT2D eigenvalue weighted by Gasteiger charge is 2.74. The average Bonchev–Trinajstić information content (AvgIpc) is 0.842. The van der Waals surface area contributed by atoms with E-state index < -0.39 is 10.0 Å². The van der Waals surface area contributed by atoms with Crippen LogP contribution >= 0.6 is 0 Å². The van der Waals surface area contributed by atoms with Crippen LogP contribution in [0.1, 0.15) is 237 Å². The van der Waals surface area contributed by atoms with Gasteiger partial charge in [-0.25, -0.2) is 8.42 Å². The summed E-state index contributed by atoms with van der Waals surface area (Å²) in [5, 5.41) is 11.4. The maximum Gasteiger partial charge on any atom is 0.310 e. The van der Waals surface area contributed by atoms with Crippen molar-refractivity contribution in [3.05, 3.63) is 125 Å². The van der Waals surface area contributed by atoms with Crippen molar-refractivity contribution in [1.29, 1.82) is 0 Å². The van der Waals surface area contributed by atoms with Crippen LogP contribution in [0.25, 0.3) is 0 Å². The summed E-state index contributed by atoms with van der Waals surface area (Å²) in [5.74, 6) is 4.11. The predicted molar refractivity (Wildman–Crippen MR) is 434 cm³/mol. The lowest BCUT2D eigenvalue weighted by atomic mass is 9.34. The number of hydrogen-bond donors (Lipinski definition) is 1. The Morgan fingerprint density at radius 1 is 0.527 bits per heavy atom. The van der Waals surface area contributed by atoms with Crippen molar-refractivity contribution in [3.8, 4) is 0 Å². The third-order valence-corrected chi connectivity index (χ3v) is 37.4. The Balaban J connectivity index is 0.000000151. The van der Waals surface area contributed by atoms with E-state index in [1.165, 1.54) is 12.8 Å². The number of allylic oxidation sites excluding steroid dienone is 2. The number of aliphatic hydroxyl groups is 1. The fourth-order valence-corrected chi connectivity index (χ4v) is 29.7. The molecule has 1 spiro atoms. The van der Waals surface area contributed by atoms with E-state index in [1.807, 2.05) is 67.6 Å². The molecule has 13 aliphatic rings. The lowest BCUT2D eigenvalue weighted by molar-refractivity contribution is -0.256. The van der Waals surface area contributed by atoms with E-state index in [-0.39, 0.29) is 107 Å². The second-order valence-corrected chi connectivity index (χ2v) is 43.7. The molecule has 3 aromatic carbocycles. The van der Waals surface area contributed by atoms with Gasteiger partial charge in [-0.05, 0) is 230 Å². The van der Waals surface area contributed by atoms with E-state index in [0.29, 0.717) is 97.7 Å². The summed E-state index contributed by atoms with van der Waals surface area (Å²) in [6, 6.07) is 27.4. The molecule has 4 bridgehead atoms. The molecule has 0 aromatic heterocycles. The topological polar surface area (TPSA) is 156 Å². The minimum Gasteiger partial charge on any atom is -0.461 e. The third kappa shape index (κ3) is 13.3. The van der Waals surface area contributed by atoms with Gasteiger partial charge in [0.2, 0.25) is 10.0 Å². The van der Waals surface area contributed by atoms with Gasteiger partial charge in [0.15, 0.2) is 0 Å². The molecule has 3 aromatic rings. The number of ether oxygens (including phenoxy) is 7. The largest absolute Gasteiger partial charge is 0.461 e.